The third-order valence-corrected chi connectivity index (χ3v) is 6.07. The van der Waals surface area contributed by atoms with E-state index in [1.807, 2.05) is 16.2 Å². The highest BCUT2D eigenvalue weighted by molar-refractivity contribution is 7.10. The Morgan fingerprint density at radius 1 is 1.30 bits per heavy atom. The van der Waals surface area contributed by atoms with Gasteiger partial charge in [0.15, 0.2) is 0 Å². The SMILES string of the molecule is COCCN1CCN([C@H](C)C(=O)N2CCc3sccc3C2)CC1. The van der Waals surface area contributed by atoms with Crippen LogP contribution in [-0.4, -0.2) is 79.6 Å². The second-order valence-corrected chi connectivity index (χ2v) is 7.43. The molecule has 0 aliphatic carbocycles. The summed E-state index contributed by atoms with van der Waals surface area (Å²) in [6.45, 7) is 9.47. The molecule has 1 aromatic heterocycles. The summed E-state index contributed by atoms with van der Waals surface area (Å²) in [5, 5.41) is 2.14. The van der Waals surface area contributed by atoms with Crippen LogP contribution in [0.1, 0.15) is 17.4 Å². The fraction of sp³-hybridized carbons (Fsp3) is 0.706. The minimum Gasteiger partial charge on any atom is -0.383 e. The van der Waals surface area contributed by atoms with Gasteiger partial charge < -0.3 is 9.64 Å². The Morgan fingerprint density at radius 2 is 2.09 bits per heavy atom. The van der Waals surface area contributed by atoms with Crippen LogP contribution >= 0.6 is 11.3 Å². The third-order valence-electron chi connectivity index (χ3n) is 5.04. The summed E-state index contributed by atoms with van der Waals surface area (Å²) >= 11 is 1.82. The number of ether oxygens (including phenoxy) is 1. The van der Waals surface area contributed by atoms with Crippen molar-refractivity contribution >= 4 is 17.2 Å². The van der Waals surface area contributed by atoms with E-state index in [4.69, 9.17) is 4.74 Å². The van der Waals surface area contributed by atoms with Crippen molar-refractivity contribution in [2.24, 2.45) is 0 Å². The molecule has 1 saturated heterocycles. The van der Waals surface area contributed by atoms with E-state index < -0.39 is 0 Å². The molecular weight excluding hydrogens is 310 g/mol. The molecule has 128 valence electrons. The van der Waals surface area contributed by atoms with Crippen molar-refractivity contribution in [3.63, 3.8) is 0 Å². The smallest absolute Gasteiger partial charge is 0.239 e. The lowest BCUT2D eigenvalue weighted by atomic mass is 10.1. The Hall–Kier alpha value is -0.950. The lowest BCUT2D eigenvalue weighted by Crippen LogP contribution is -2.55. The molecule has 0 radical (unpaired) electrons. The monoisotopic (exact) mass is 337 g/mol. The molecule has 2 aliphatic rings. The Kier molecular flexibility index (Phi) is 5.69. The van der Waals surface area contributed by atoms with E-state index in [1.54, 1.807) is 7.11 Å². The number of carbonyl (C=O) groups excluding carboxylic acids is 1. The van der Waals surface area contributed by atoms with Crippen LogP contribution in [-0.2, 0) is 22.5 Å². The maximum absolute atomic E-state index is 12.8. The quantitative estimate of drug-likeness (QED) is 0.811. The molecule has 0 spiro atoms. The van der Waals surface area contributed by atoms with Crippen LogP contribution in [0.5, 0.6) is 0 Å². The molecule has 2 aliphatic heterocycles. The van der Waals surface area contributed by atoms with Crippen LogP contribution in [0.15, 0.2) is 11.4 Å². The maximum Gasteiger partial charge on any atom is 0.239 e. The van der Waals surface area contributed by atoms with E-state index in [1.165, 1.54) is 10.4 Å². The summed E-state index contributed by atoms with van der Waals surface area (Å²) in [6, 6.07) is 2.15. The van der Waals surface area contributed by atoms with Gasteiger partial charge in [-0.25, -0.2) is 0 Å². The Morgan fingerprint density at radius 3 is 2.83 bits per heavy atom. The Bertz CT molecular complexity index is 526. The second kappa shape index (κ2) is 7.75. The molecule has 1 aromatic rings. The first kappa shape index (κ1) is 16.9. The fourth-order valence-electron chi connectivity index (χ4n) is 3.45. The van der Waals surface area contributed by atoms with Crippen LogP contribution in [0.3, 0.4) is 0 Å². The van der Waals surface area contributed by atoms with Crippen molar-refractivity contribution in [2.45, 2.75) is 25.9 Å². The first-order valence-electron chi connectivity index (χ1n) is 8.48. The number of hydrogen-bond donors (Lipinski definition) is 0. The number of hydrogen-bond acceptors (Lipinski definition) is 5. The van der Waals surface area contributed by atoms with E-state index in [9.17, 15) is 4.79 Å². The number of methoxy groups -OCH3 is 1. The lowest BCUT2D eigenvalue weighted by Gasteiger charge is -2.39. The highest BCUT2D eigenvalue weighted by Gasteiger charge is 2.30. The molecule has 1 fully saturated rings. The third kappa shape index (κ3) is 3.94. The molecule has 0 N–H and O–H groups in total. The summed E-state index contributed by atoms with van der Waals surface area (Å²) in [5.41, 5.74) is 1.34. The van der Waals surface area contributed by atoms with Crippen LogP contribution in [0.2, 0.25) is 0 Å². The highest BCUT2D eigenvalue weighted by atomic mass is 32.1. The minimum absolute atomic E-state index is 0.0141. The number of nitrogens with zero attached hydrogens (tertiary/aromatic N) is 3. The van der Waals surface area contributed by atoms with Crippen LogP contribution in [0.4, 0.5) is 0 Å². The molecule has 3 rings (SSSR count). The first-order chi connectivity index (χ1) is 11.2. The highest BCUT2D eigenvalue weighted by Crippen LogP contribution is 2.24. The van der Waals surface area contributed by atoms with Crippen molar-refractivity contribution < 1.29 is 9.53 Å². The van der Waals surface area contributed by atoms with E-state index >= 15 is 0 Å². The zero-order valence-electron chi connectivity index (χ0n) is 14.2. The zero-order valence-corrected chi connectivity index (χ0v) is 15.0. The van der Waals surface area contributed by atoms with Gasteiger partial charge in [0.2, 0.25) is 5.91 Å². The van der Waals surface area contributed by atoms with E-state index in [-0.39, 0.29) is 11.9 Å². The molecule has 0 bridgehead atoms. The Balaban J connectivity index is 1.51. The van der Waals surface area contributed by atoms with Gasteiger partial charge in [0, 0.05) is 57.8 Å². The van der Waals surface area contributed by atoms with Gasteiger partial charge in [-0.15, -0.1) is 11.3 Å². The molecule has 0 unspecified atom stereocenters. The number of rotatable bonds is 5. The normalized spacial score (nSPS) is 21.2. The molecule has 3 heterocycles. The van der Waals surface area contributed by atoms with Gasteiger partial charge in [-0.2, -0.15) is 0 Å². The standard InChI is InChI=1S/C17H27N3O2S/c1-14(19-8-6-18(7-9-19)10-11-22-2)17(21)20-5-3-16-15(13-20)4-12-23-16/h4,12,14H,3,5-11,13H2,1-2H3/t14-/m1/s1. The average Bonchev–Trinajstić information content (AvgIpc) is 3.06. The van der Waals surface area contributed by atoms with E-state index in [2.05, 4.69) is 28.2 Å². The predicted octanol–water partition coefficient (Wildman–Crippen LogP) is 1.29. The van der Waals surface area contributed by atoms with Gasteiger partial charge in [0.1, 0.15) is 0 Å². The number of amides is 1. The van der Waals surface area contributed by atoms with Crippen LogP contribution < -0.4 is 0 Å². The molecule has 23 heavy (non-hydrogen) atoms. The summed E-state index contributed by atoms with van der Waals surface area (Å²) in [6.07, 6.45) is 1.01. The number of fused-ring (bicyclic) bond motifs is 1. The largest absolute Gasteiger partial charge is 0.383 e. The molecule has 0 saturated carbocycles. The number of thiophene rings is 1. The molecule has 1 atom stereocenters. The lowest BCUT2D eigenvalue weighted by molar-refractivity contribution is -0.138. The summed E-state index contributed by atoms with van der Waals surface area (Å²) in [5.74, 6) is 0.284. The molecule has 1 amide bonds. The summed E-state index contributed by atoms with van der Waals surface area (Å²) in [7, 11) is 1.74. The molecule has 5 nitrogen and oxygen atoms in total. The van der Waals surface area contributed by atoms with E-state index in [0.717, 1.165) is 58.8 Å². The van der Waals surface area contributed by atoms with Gasteiger partial charge in [-0.1, -0.05) is 0 Å². The summed E-state index contributed by atoms with van der Waals surface area (Å²) in [4.78, 5) is 21.1. The second-order valence-electron chi connectivity index (χ2n) is 6.43. The van der Waals surface area contributed by atoms with Crippen molar-refractivity contribution in [1.29, 1.82) is 0 Å². The van der Waals surface area contributed by atoms with Gasteiger partial charge >= 0.3 is 0 Å². The molecule has 6 heteroatoms. The van der Waals surface area contributed by atoms with Crippen molar-refractivity contribution in [2.75, 3.05) is 53.0 Å². The summed E-state index contributed by atoms with van der Waals surface area (Å²) < 4.78 is 5.14. The zero-order chi connectivity index (χ0) is 16.2. The first-order valence-corrected chi connectivity index (χ1v) is 9.36. The average molecular weight is 337 g/mol. The minimum atomic E-state index is -0.0141. The van der Waals surface area contributed by atoms with Crippen LogP contribution in [0, 0.1) is 0 Å². The van der Waals surface area contributed by atoms with Crippen molar-refractivity contribution in [3.8, 4) is 0 Å². The topological polar surface area (TPSA) is 36.0 Å². The van der Waals surface area contributed by atoms with Gasteiger partial charge in [0.25, 0.3) is 0 Å². The Labute approximate surface area is 142 Å². The maximum atomic E-state index is 12.8. The van der Waals surface area contributed by atoms with Crippen LogP contribution in [0.25, 0.3) is 0 Å². The molecular formula is C17H27N3O2S. The van der Waals surface area contributed by atoms with Gasteiger partial charge in [-0.3, -0.25) is 14.6 Å². The van der Waals surface area contributed by atoms with Crippen molar-refractivity contribution in [3.05, 3.63) is 21.9 Å². The number of piperazine rings is 1. The fourth-order valence-corrected chi connectivity index (χ4v) is 4.34. The number of carbonyl (C=O) groups is 1. The predicted molar refractivity (Wildman–Crippen MR) is 92.8 cm³/mol. The molecule has 0 aromatic carbocycles. The van der Waals surface area contributed by atoms with Crippen molar-refractivity contribution in [1.82, 2.24) is 14.7 Å². The van der Waals surface area contributed by atoms with Gasteiger partial charge in [-0.05, 0) is 30.4 Å². The van der Waals surface area contributed by atoms with E-state index in [0.29, 0.717) is 0 Å². The van der Waals surface area contributed by atoms with Gasteiger partial charge in [0.05, 0.1) is 12.6 Å².